The summed E-state index contributed by atoms with van der Waals surface area (Å²) in [5.74, 6) is 0.337. The van der Waals surface area contributed by atoms with E-state index in [2.05, 4.69) is 5.32 Å². The molecule has 0 aromatic heterocycles. The molecule has 1 aliphatic heterocycles. The van der Waals surface area contributed by atoms with E-state index in [1.54, 1.807) is 24.3 Å². The Bertz CT molecular complexity index is 774. The van der Waals surface area contributed by atoms with Gasteiger partial charge in [-0.3, -0.25) is 4.79 Å². The van der Waals surface area contributed by atoms with Crippen molar-refractivity contribution in [2.75, 3.05) is 20.3 Å². The van der Waals surface area contributed by atoms with E-state index in [1.807, 2.05) is 24.3 Å². The van der Waals surface area contributed by atoms with Gasteiger partial charge in [-0.25, -0.2) is 4.79 Å². The van der Waals surface area contributed by atoms with Crippen LogP contribution in [0.1, 0.15) is 28.4 Å². The Labute approximate surface area is 145 Å². The van der Waals surface area contributed by atoms with Gasteiger partial charge in [0.05, 0.1) is 19.8 Å². The average Bonchev–Trinajstić information content (AvgIpc) is 2.66. The number of hydrogen-bond acceptors (Lipinski definition) is 5. The van der Waals surface area contributed by atoms with Crippen molar-refractivity contribution in [2.24, 2.45) is 0 Å². The highest BCUT2D eigenvalue weighted by atomic mass is 16.5. The number of para-hydroxylation sites is 2. The summed E-state index contributed by atoms with van der Waals surface area (Å²) in [5.41, 5.74) is 1.24. The number of hydrogen-bond donors (Lipinski definition) is 1. The van der Waals surface area contributed by atoms with Crippen molar-refractivity contribution in [2.45, 2.75) is 12.5 Å². The van der Waals surface area contributed by atoms with Gasteiger partial charge in [-0.1, -0.05) is 30.3 Å². The summed E-state index contributed by atoms with van der Waals surface area (Å²) >= 11 is 0. The lowest BCUT2D eigenvalue weighted by molar-refractivity contribution is -0.124. The molecule has 25 heavy (non-hydrogen) atoms. The Kier molecular flexibility index (Phi) is 5.18. The van der Waals surface area contributed by atoms with Gasteiger partial charge >= 0.3 is 5.97 Å². The number of carbonyl (C=O) groups is 2. The summed E-state index contributed by atoms with van der Waals surface area (Å²) in [7, 11) is 1.30. The van der Waals surface area contributed by atoms with Crippen LogP contribution in [-0.4, -0.2) is 32.2 Å². The third-order valence-corrected chi connectivity index (χ3v) is 3.94. The second-order valence-electron chi connectivity index (χ2n) is 5.57. The zero-order valence-corrected chi connectivity index (χ0v) is 13.9. The Morgan fingerprint density at radius 3 is 2.76 bits per heavy atom. The molecule has 2 aromatic rings. The number of carbonyl (C=O) groups excluding carboxylic acids is 2. The van der Waals surface area contributed by atoms with Crippen LogP contribution in [0.5, 0.6) is 11.5 Å². The topological polar surface area (TPSA) is 73.9 Å². The molecule has 1 amide bonds. The fraction of sp³-hybridized carbons (Fsp3) is 0.263. The fourth-order valence-corrected chi connectivity index (χ4v) is 2.74. The highest BCUT2D eigenvalue weighted by Crippen LogP contribution is 2.31. The highest BCUT2D eigenvalue weighted by molar-refractivity contribution is 5.92. The van der Waals surface area contributed by atoms with Gasteiger partial charge in [-0.15, -0.1) is 0 Å². The molecule has 1 N–H and O–H groups in total. The molecule has 0 radical (unpaired) electrons. The van der Waals surface area contributed by atoms with Gasteiger partial charge in [0.1, 0.15) is 17.1 Å². The molecule has 0 saturated carbocycles. The molecule has 1 unspecified atom stereocenters. The Hall–Kier alpha value is -3.02. The molecule has 0 spiro atoms. The minimum absolute atomic E-state index is 0.114. The molecule has 6 heteroatoms. The Morgan fingerprint density at radius 2 is 1.92 bits per heavy atom. The Morgan fingerprint density at radius 1 is 1.16 bits per heavy atom. The number of esters is 1. The van der Waals surface area contributed by atoms with Crippen molar-refractivity contribution in [1.29, 1.82) is 0 Å². The van der Waals surface area contributed by atoms with E-state index in [1.165, 1.54) is 7.11 Å². The van der Waals surface area contributed by atoms with Crippen LogP contribution in [-0.2, 0) is 9.53 Å². The summed E-state index contributed by atoms with van der Waals surface area (Å²) in [6.07, 6.45) is 0.696. The lowest BCUT2D eigenvalue weighted by Gasteiger charge is -2.26. The van der Waals surface area contributed by atoms with E-state index < -0.39 is 5.97 Å². The standard InChI is InChI=1S/C19H19NO5/c1-23-19(22)14-7-3-5-9-17(14)25-12-18(21)20-15-10-11-24-16-8-4-2-6-13(15)16/h2-9,15H,10-12H2,1H3,(H,20,21). The van der Waals surface area contributed by atoms with Crippen LogP contribution < -0.4 is 14.8 Å². The molecule has 0 aliphatic carbocycles. The van der Waals surface area contributed by atoms with E-state index in [4.69, 9.17) is 14.2 Å². The first-order chi connectivity index (χ1) is 12.2. The predicted octanol–water partition coefficient (Wildman–Crippen LogP) is 2.49. The van der Waals surface area contributed by atoms with Gasteiger partial charge in [0.25, 0.3) is 5.91 Å². The van der Waals surface area contributed by atoms with Crippen LogP contribution in [0.4, 0.5) is 0 Å². The largest absolute Gasteiger partial charge is 0.493 e. The van der Waals surface area contributed by atoms with Crippen LogP contribution in [0.3, 0.4) is 0 Å². The Balaban J connectivity index is 1.62. The lowest BCUT2D eigenvalue weighted by Crippen LogP contribution is -2.35. The molecule has 0 fully saturated rings. The molecule has 2 aromatic carbocycles. The van der Waals surface area contributed by atoms with E-state index >= 15 is 0 Å². The van der Waals surface area contributed by atoms with Crippen molar-refractivity contribution in [3.8, 4) is 11.5 Å². The van der Waals surface area contributed by atoms with Crippen molar-refractivity contribution in [3.63, 3.8) is 0 Å². The normalized spacial score (nSPS) is 15.5. The first kappa shape index (κ1) is 16.8. The van der Waals surface area contributed by atoms with E-state index in [0.717, 1.165) is 11.3 Å². The SMILES string of the molecule is COC(=O)c1ccccc1OCC(=O)NC1CCOc2ccccc21. The summed E-state index contributed by atoms with van der Waals surface area (Å²) < 4.78 is 15.8. The number of ether oxygens (including phenoxy) is 3. The maximum atomic E-state index is 12.3. The van der Waals surface area contributed by atoms with Gasteiger partial charge in [0.15, 0.2) is 6.61 Å². The van der Waals surface area contributed by atoms with Gasteiger partial charge in [-0.2, -0.15) is 0 Å². The van der Waals surface area contributed by atoms with Gasteiger partial charge < -0.3 is 19.5 Å². The van der Waals surface area contributed by atoms with Crippen LogP contribution >= 0.6 is 0 Å². The molecule has 130 valence electrons. The third kappa shape index (κ3) is 3.91. The molecule has 1 heterocycles. The lowest BCUT2D eigenvalue weighted by atomic mass is 10.0. The van der Waals surface area contributed by atoms with E-state index in [9.17, 15) is 9.59 Å². The zero-order valence-electron chi connectivity index (χ0n) is 13.9. The molecule has 6 nitrogen and oxygen atoms in total. The summed E-state index contributed by atoms with van der Waals surface area (Å²) in [6, 6.07) is 14.2. The number of fused-ring (bicyclic) bond motifs is 1. The smallest absolute Gasteiger partial charge is 0.341 e. The van der Waals surface area contributed by atoms with E-state index in [-0.39, 0.29) is 24.1 Å². The van der Waals surface area contributed by atoms with Crippen molar-refractivity contribution < 1.29 is 23.8 Å². The zero-order chi connectivity index (χ0) is 17.6. The van der Waals surface area contributed by atoms with Crippen LogP contribution in [0, 0.1) is 0 Å². The molecule has 0 saturated heterocycles. The van der Waals surface area contributed by atoms with Gasteiger partial charge in [0.2, 0.25) is 0 Å². The van der Waals surface area contributed by atoms with Crippen molar-refractivity contribution in [1.82, 2.24) is 5.32 Å². The van der Waals surface area contributed by atoms with Gasteiger partial charge in [0, 0.05) is 12.0 Å². The number of rotatable bonds is 5. The van der Waals surface area contributed by atoms with Gasteiger partial charge in [-0.05, 0) is 18.2 Å². The molecule has 1 atom stereocenters. The molecular weight excluding hydrogens is 322 g/mol. The number of benzene rings is 2. The maximum absolute atomic E-state index is 12.3. The summed E-state index contributed by atoms with van der Waals surface area (Å²) in [5, 5.41) is 2.95. The number of nitrogens with one attached hydrogen (secondary N) is 1. The third-order valence-electron chi connectivity index (χ3n) is 3.94. The monoisotopic (exact) mass is 341 g/mol. The highest BCUT2D eigenvalue weighted by Gasteiger charge is 2.23. The average molecular weight is 341 g/mol. The fourth-order valence-electron chi connectivity index (χ4n) is 2.74. The maximum Gasteiger partial charge on any atom is 0.341 e. The molecule has 1 aliphatic rings. The summed E-state index contributed by atoms with van der Waals surface area (Å²) in [4.78, 5) is 24.0. The summed E-state index contributed by atoms with van der Waals surface area (Å²) in [6.45, 7) is 0.363. The van der Waals surface area contributed by atoms with Crippen LogP contribution in [0.2, 0.25) is 0 Å². The first-order valence-corrected chi connectivity index (χ1v) is 8.00. The predicted molar refractivity (Wildman–Crippen MR) is 90.7 cm³/mol. The quantitative estimate of drug-likeness (QED) is 0.846. The van der Waals surface area contributed by atoms with E-state index in [0.29, 0.717) is 18.8 Å². The van der Waals surface area contributed by atoms with Crippen molar-refractivity contribution in [3.05, 3.63) is 59.7 Å². The van der Waals surface area contributed by atoms with Crippen LogP contribution in [0.25, 0.3) is 0 Å². The molecular formula is C19H19NO5. The molecule has 0 bridgehead atoms. The van der Waals surface area contributed by atoms with Crippen LogP contribution in [0.15, 0.2) is 48.5 Å². The minimum atomic E-state index is -0.505. The minimum Gasteiger partial charge on any atom is -0.493 e. The van der Waals surface area contributed by atoms with Crippen molar-refractivity contribution >= 4 is 11.9 Å². The number of methoxy groups -OCH3 is 1. The molecule has 3 rings (SSSR count). The second-order valence-corrected chi connectivity index (χ2v) is 5.57. The first-order valence-electron chi connectivity index (χ1n) is 8.00. The second kappa shape index (κ2) is 7.70. The number of amides is 1.